The minimum absolute atomic E-state index is 0.0570. The molecule has 0 aromatic heterocycles. The summed E-state index contributed by atoms with van der Waals surface area (Å²) in [6.07, 6.45) is 0. The Hall–Kier alpha value is -17.6. The van der Waals surface area contributed by atoms with Gasteiger partial charge in [-0.1, -0.05) is 351 Å². The highest BCUT2D eigenvalue weighted by Crippen LogP contribution is 2.47. The fourth-order valence-corrected chi connectivity index (χ4v) is 14.5. The molecular weight excluding hydrogens is 1790 g/mol. The van der Waals surface area contributed by atoms with Crippen LogP contribution < -0.4 is 35.1 Å². The van der Waals surface area contributed by atoms with Crippen LogP contribution in [0.15, 0.2) is 569 Å². The van der Waals surface area contributed by atoms with Gasteiger partial charge in [0.15, 0.2) is 0 Å². The number of nitrogens with one attached hydrogen (secondary N) is 2. The lowest BCUT2D eigenvalue weighted by Crippen LogP contribution is -2.12. The Bertz CT molecular complexity index is 11200. The second-order valence-electron chi connectivity index (χ2n) is 28.8. The molecule has 138 heavy (non-hydrogen) atoms. The van der Waals surface area contributed by atoms with Gasteiger partial charge in [0.2, 0.25) is 0 Å². The standard InChI is InChI=1S/C74H54N4.C38H28N2.C18H14IN/c1-5-23-61(24-6-1)75(62-25-7-2-8-26-62)65-47-51-69(52-48-65)77(73-33-17-21-59-19-13-15-31-71(59)73)67-43-39-57(40-44-67)55-35-37-56(38-36-55)58-41-45-68(46-42-58)78(74-34-18-22-60-20-14-16-32-72(60)74)70-53-49-66(50-54-70)76(63-27-9-3-10-28-63)64-29-11-4-12-30-64;1-3-11-35-31(7-1)9-5-13-37(35)39-33-23-19-29(20-24-33)27-15-17-28(18-16-27)30-21-25-34(26-22-30)40-38-14-6-10-32-8-2-4-12-36(32)38;19-15-11-13-18(14-12-15)20(16-7-3-1-4-8-16)17-9-5-2-6-10-17/h1-54H;1-26,39-40H;1-14H/i1D,2D,3D,4D,5D,6D,7D,8D,9D,10D,11D,12D,23D,24D,25D,26D,27D,28D,29D,30D,35D,36D,37D,38D,39D,40D,41D,42D,43D,44D,45D,46D,47D,48D,49D,50D,51D,52D,53D,54D;15D,16D,17D,18D,19D,20D,21D,22D,23D,24D,25D,26D;1D,2D,3D,4D,5D,6D,7D,8D,9D,10D,11D,12D,13D,14D. The lowest BCUT2D eigenvalue weighted by molar-refractivity contribution is 1.26. The SMILES string of the molecule is [2H]c1c([2H])c(-c2c([2H])c([2H])c(-c3c([2H])c([2H])c(Nc4cccc5ccccc45)c([2H])c3[2H])c([2H])c2[2H])c([2H])c([2H])c1Nc1cccc2ccccc12.[2H]c1c([2H])c([2H])c(N(c2c([2H])c([2H])c([2H])c([2H])c2[2H])c2c([2H])c([2H])c(I)c([2H])c2[2H])c([2H])c1[2H].[2H]c1c([2H])c([2H])c(N(c2c([2H])c([2H])c([2H])c([2H])c2[2H])c2c([2H])c([2H])c(N(c3c([2H])c([2H])c(-c4c([2H])c([2H])c(-c5c([2H])c([2H])c(N(c6c([2H])c([2H])c(N(c7c([2H])c([2H])c([2H])c([2H])c7[2H])c7c([2H])c([2H])c([2H])c([2H])c7[2H])c([2H])c6[2H])c6cccc7ccccc67)c([2H])c5[2H])c([2H])c4[2H])c([2H])c3[2H])c3cccc4ccccc34)c([2H])c2[2H])c([2H])c1[2H]. The Morgan fingerprint density at radius 2 is 0.341 bits per heavy atom. The topological polar surface area (TPSA) is 40.3 Å². The molecule has 0 atom stereocenters. The van der Waals surface area contributed by atoms with Crippen LogP contribution in [0.5, 0.6) is 0 Å². The quantitative estimate of drug-likeness (QED) is 0.0619. The van der Waals surface area contributed by atoms with Crippen LogP contribution >= 0.6 is 22.6 Å². The predicted molar refractivity (Wildman–Crippen MR) is 597 cm³/mol. The molecule has 23 aromatic rings. The molecule has 0 aliphatic rings. The predicted octanol–water partition coefficient (Wildman–Crippen LogP) is 37.8. The van der Waals surface area contributed by atoms with Crippen molar-refractivity contribution in [3.8, 4) is 44.5 Å². The molecule has 7 nitrogen and oxygen atoms in total. The van der Waals surface area contributed by atoms with Crippen molar-refractivity contribution < 1.29 is 90.5 Å². The molecule has 23 rings (SSSR count). The summed E-state index contributed by atoms with van der Waals surface area (Å²) in [6, 6.07) is -15.0. The molecule has 0 aliphatic heterocycles. The van der Waals surface area contributed by atoms with Crippen molar-refractivity contribution in [2.45, 2.75) is 0 Å². The van der Waals surface area contributed by atoms with Gasteiger partial charge in [0.05, 0.1) is 102 Å². The Balaban J connectivity index is 0.000000214. The van der Waals surface area contributed by atoms with Crippen LogP contribution in [0.4, 0.5) is 108 Å². The highest BCUT2D eigenvalue weighted by Gasteiger charge is 2.23. The number of nitrogens with zero attached hydrogens (tertiary/aromatic N) is 5. The zero-order valence-electron chi connectivity index (χ0n) is 137. The van der Waals surface area contributed by atoms with E-state index in [1.807, 2.05) is 60.7 Å². The molecular formula is C130H96IN7. The van der Waals surface area contributed by atoms with Gasteiger partial charge in [0.1, 0.15) is 0 Å². The van der Waals surface area contributed by atoms with Crippen LogP contribution in [0.25, 0.3) is 87.6 Å². The van der Waals surface area contributed by atoms with Crippen LogP contribution in [0, 0.1) is 3.57 Å². The fourth-order valence-electron chi connectivity index (χ4n) is 14.2. The molecule has 0 spiro atoms. The van der Waals surface area contributed by atoms with Crippen molar-refractivity contribution >= 4 is 174 Å². The van der Waals surface area contributed by atoms with Gasteiger partial charge in [-0.05, 0) is 306 Å². The number of hydrogen-bond acceptors (Lipinski definition) is 7. The maximum Gasteiger partial charge on any atom is 0.0646 e. The first-order valence-corrected chi connectivity index (χ1v) is 42.4. The van der Waals surface area contributed by atoms with Crippen molar-refractivity contribution in [2.75, 3.05) is 35.1 Å². The van der Waals surface area contributed by atoms with Gasteiger partial charge in [0, 0.05) is 122 Å². The zero-order chi connectivity index (χ0) is 150. The van der Waals surface area contributed by atoms with Gasteiger partial charge in [-0.15, -0.1) is 0 Å². The summed E-state index contributed by atoms with van der Waals surface area (Å²) < 4.78 is 590. The first kappa shape index (κ1) is 40.3. The number of anilines is 19. The van der Waals surface area contributed by atoms with Gasteiger partial charge in [-0.2, -0.15) is 0 Å². The first-order chi connectivity index (χ1) is 95.8. The molecule has 0 bridgehead atoms. The van der Waals surface area contributed by atoms with Crippen molar-refractivity contribution in [3.05, 3.63) is 572 Å². The van der Waals surface area contributed by atoms with E-state index in [2.05, 4.69) is 10.6 Å². The summed E-state index contributed by atoms with van der Waals surface area (Å²) in [5.74, 6) is 0. The van der Waals surface area contributed by atoms with Crippen LogP contribution in [-0.2, 0) is 0 Å². The van der Waals surface area contributed by atoms with E-state index in [4.69, 9.17) is 63.1 Å². The molecule has 0 saturated carbocycles. The van der Waals surface area contributed by atoms with E-state index in [-0.39, 0.29) is 37.1 Å². The minimum Gasteiger partial charge on any atom is -0.355 e. The highest BCUT2D eigenvalue weighted by molar-refractivity contribution is 14.1. The van der Waals surface area contributed by atoms with E-state index < -0.39 is 517 Å². The number of para-hydroxylation sites is 6. The summed E-state index contributed by atoms with van der Waals surface area (Å²) in [7, 11) is 0. The second-order valence-corrected chi connectivity index (χ2v) is 29.9. The smallest absolute Gasteiger partial charge is 0.0646 e. The fraction of sp³-hybridized carbons (Fsp3) is 0. The average Bonchev–Trinajstić information content (AvgIpc) is 0.703. The summed E-state index contributed by atoms with van der Waals surface area (Å²) in [5.41, 5.74) is -17.0. The number of fused-ring (bicyclic) bond motifs is 4. The summed E-state index contributed by atoms with van der Waals surface area (Å²) >= 11 is 1.60. The number of halogens is 1. The van der Waals surface area contributed by atoms with E-state index in [0.29, 0.717) is 36.8 Å². The molecule has 0 fully saturated rings. The summed E-state index contributed by atoms with van der Waals surface area (Å²) in [6.45, 7) is 0. The van der Waals surface area contributed by atoms with Gasteiger partial charge < -0.3 is 35.1 Å². The van der Waals surface area contributed by atoms with Crippen LogP contribution in [0.1, 0.15) is 90.5 Å². The molecule has 658 valence electrons. The average molecular weight is 1950 g/mol. The zero-order valence-corrected chi connectivity index (χ0v) is 72.9. The third-order valence-corrected chi connectivity index (χ3v) is 21.0. The Kier molecular flexibility index (Phi) is 12.1. The van der Waals surface area contributed by atoms with Gasteiger partial charge in [-0.3, -0.25) is 0 Å². The monoisotopic (exact) mass is 1950 g/mol. The molecule has 0 aliphatic carbocycles. The molecule has 23 aromatic carbocycles. The molecule has 0 saturated heterocycles. The summed E-state index contributed by atoms with van der Waals surface area (Å²) in [4.78, 5) is 3.04. The normalized spacial score (nSPS) is 17.6. The molecule has 0 amide bonds. The van der Waals surface area contributed by atoms with Crippen molar-refractivity contribution in [3.63, 3.8) is 0 Å². The van der Waals surface area contributed by atoms with Crippen molar-refractivity contribution in [1.29, 1.82) is 0 Å². The number of benzene rings is 23. The third-order valence-electron chi connectivity index (χ3n) is 20.4. The highest BCUT2D eigenvalue weighted by atomic mass is 127. The van der Waals surface area contributed by atoms with Gasteiger partial charge in [-0.25, -0.2) is 0 Å². The van der Waals surface area contributed by atoms with Crippen LogP contribution in [-0.4, -0.2) is 0 Å². The number of rotatable bonds is 23. The van der Waals surface area contributed by atoms with Crippen molar-refractivity contribution in [2.24, 2.45) is 0 Å². The molecule has 0 unspecified atom stereocenters. The van der Waals surface area contributed by atoms with E-state index >= 15 is 0 Å². The lowest BCUT2D eigenvalue weighted by Gasteiger charge is -2.29. The second kappa shape index (κ2) is 41.3. The Labute approximate surface area is 913 Å². The van der Waals surface area contributed by atoms with Crippen molar-refractivity contribution in [1.82, 2.24) is 0 Å². The van der Waals surface area contributed by atoms with E-state index in [1.165, 1.54) is 48.5 Å². The summed E-state index contributed by atoms with van der Waals surface area (Å²) in [5, 5.41) is 10.5. The van der Waals surface area contributed by atoms with Gasteiger partial charge >= 0.3 is 0 Å². The molecule has 0 heterocycles. The molecule has 0 radical (unpaired) electrons. The van der Waals surface area contributed by atoms with E-state index in [1.54, 1.807) is 83.3 Å². The maximum absolute atomic E-state index is 9.86. The van der Waals surface area contributed by atoms with E-state index in [0.717, 1.165) is 31.3 Å². The Morgan fingerprint density at radius 1 is 0.159 bits per heavy atom. The minimum atomic E-state index is -1.21. The first-order valence-electron chi connectivity index (χ1n) is 74.3. The third kappa shape index (κ3) is 19.6. The van der Waals surface area contributed by atoms with Crippen LogP contribution in [0.2, 0.25) is 0 Å². The van der Waals surface area contributed by atoms with Gasteiger partial charge in [0.25, 0.3) is 0 Å². The maximum atomic E-state index is 9.86. The van der Waals surface area contributed by atoms with Crippen LogP contribution in [0.3, 0.4) is 0 Å². The molecule has 8 heteroatoms. The number of hydrogen-bond donors (Lipinski definition) is 2. The van der Waals surface area contributed by atoms with E-state index in [9.17, 15) is 27.4 Å². The molecule has 2 N–H and O–H groups in total. The Morgan fingerprint density at radius 3 is 0.601 bits per heavy atom. The largest absolute Gasteiger partial charge is 0.355 e. The lowest BCUT2D eigenvalue weighted by atomic mass is 9.99.